The number of benzene rings is 1. The van der Waals surface area contributed by atoms with E-state index in [1.807, 2.05) is 30.3 Å². The third kappa shape index (κ3) is 11.0. The predicted molar refractivity (Wildman–Crippen MR) is 72.3 cm³/mol. The van der Waals surface area contributed by atoms with Gasteiger partial charge in [0.05, 0.1) is 19.8 Å². The molecule has 5 nitrogen and oxygen atoms in total. The summed E-state index contributed by atoms with van der Waals surface area (Å²) in [5.74, 6) is -0.0925. The van der Waals surface area contributed by atoms with Gasteiger partial charge in [0.2, 0.25) is 0 Å². The van der Waals surface area contributed by atoms with Crippen LogP contribution < -0.4 is 4.74 Å². The Labute approximate surface area is 113 Å². The highest BCUT2D eigenvalue weighted by molar-refractivity contribution is 5.84. The summed E-state index contributed by atoms with van der Waals surface area (Å²) in [5, 5.41) is 16.3. The van der Waals surface area contributed by atoms with E-state index in [0.717, 1.165) is 5.75 Å². The molecule has 0 saturated carbocycles. The molecule has 1 aromatic rings. The van der Waals surface area contributed by atoms with E-state index in [4.69, 9.17) is 19.7 Å². The van der Waals surface area contributed by atoms with Crippen LogP contribution in [0.4, 0.5) is 0 Å². The van der Waals surface area contributed by atoms with Crippen LogP contribution in [-0.4, -0.2) is 42.6 Å². The number of carbonyl (C=O) groups is 1. The maximum atomic E-state index is 9.60. The molecule has 0 aliphatic carbocycles. The second-order valence-electron chi connectivity index (χ2n) is 3.58. The number of para-hydroxylation sites is 1. The molecule has 1 rings (SSSR count). The summed E-state index contributed by atoms with van der Waals surface area (Å²) in [5.41, 5.74) is 0.176. The van der Waals surface area contributed by atoms with Crippen molar-refractivity contribution in [2.24, 2.45) is 0 Å². The van der Waals surface area contributed by atoms with E-state index in [1.165, 1.54) is 6.92 Å². The first-order valence-electron chi connectivity index (χ1n) is 5.83. The summed E-state index contributed by atoms with van der Waals surface area (Å²) < 4.78 is 10.4. The summed E-state index contributed by atoms with van der Waals surface area (Å²) in [6.07, 6.45) is 0. The number of carboxylic acid groups (broad SMARTS) is 1. The van der Waals surface area contributed by atoms with E-state index in [-0.39, 0.29) is 12.2 Å². The molecule has 0 aromatic heterocycles. The Bertz CT molecular complexity index is 349. The average molecular weight is 268 g/mol. The van der Waals surface area contributed by atoms with E-state index in [0.29, 0.717) is 19.8 Å². The van der Waals surface area contributed by atoms with Gasteiger partial charge in [-0.3, -0.25) is 0 Å². The van der Waals surface area contributed by atoms with Gasteiger partial charge in [0.1, 0.15) is 12.4 Å². The van der Waals surface area contributed by atoms with E-state index < -0.39 is 5.97 Å². The molecule has 0 amide bonds. The molecule has 0 atom stereocenters. The molecule has 0 bridgehead atoms. The molecule has 0 spiro atoms. The van der Waals surface area contributed by atoms with Crippen LogP contribution in [0.5, 0.6) is 5.75 Å². The first kappa shape index (κ1) is 17.2. The van der Waals surface area contributed by atoms with E-state index >= 15 is 0 Å². The Kier molecular flexibility index (Phi) is 10.2. The smallest absolute Gasteiger partial charge is 0.330 e. The Morgan fingerprint density at radius 1 is 1.21 bits per heavy atom. The number of aliphatic hydroxyl groups excluding tert-OH is 1. The Morgan fingerprint density at radius 3 is 2.26 bits per heavy atom. The number of carboxylic acids is 1. The highest BCUT2D eigenvalue weighted by atomic mass is 16.5. The van der Waals surface area contributed by atoms with Crippen LogP contribution in [0.2, 0.25) is 0 Å². The lowest BCUT2D eigenvalue weighted by Gasteiger charge is -2.05. The predicted octanol–water partition coefficient (Wildman–Crippen LogP) is 1.72. The summed E-state index contributed by atoms with van der Waals surface area (Å²) >= 11 is 0. The lowest BCUT2D eigenvalue weighted by Crippen LogP contribution is -2.08. The maximum Gasteiger partial charge on any atom is 0.330 e. The number of aliphatic carboxylic acids is 1. The standard InChI is InChI=1S/C10H14O3.C4H6O2/c11-6-7-12-8-9-13-10-4-2-1-3-5-10;1-3(2)4(5)6/h1-5,11H,6-9H2;1H2,2H3,(H,5,6). The second kappa shape index (κ2) is 11.3. The number of hydrogen-bond donors (Lipinski definition) is 2. The Balaban J connectivity index is 0.000000459. The summed E-state index contributed by atoms with van der Waals surface area (Å²) in [6, 6.07) is 9.57. The molecule has 0 fully saturated rings. The molecule has 0 heterocycles. The zero-order valence-corrected chi connectivity index (χ0v) is 11.0. The van der Waals surface area contributed by atoms with Crippen molar-refractivity contribution in [3.05, 3.63) is 42.5 Å². The van der Waals surface area contributed by atoms with Crippen molar-refractivity contribution >= 4 is 5.97 Å². The third-order valence-electron chi connectivity index (χ3n) is 1.84. The fraction of sp³-hybridized carbons (Fsp3) is 0.357. The third-order valence-corrected chi connectivity index (χ3v) is 1.84. The highest BCUT2D eigenvalue weighted by Gasteiger charge is 1.91. The molecule has 19 heavy (non-hydrogen) atoms. The van der Waals surface area contributed by atoms with Gasteiger partial charge in [-0.2, -0.15) is 0 Å². The van der Waals surface area contributed by atoms with Gasteiger partial charge in [-0.1, -0.05) is 24.8 Å². The minimum absolute atomic E-state index is 0.0609. The summed E-state index contributed by atoms with van der Waals surface area (Å²) in [7, 11) is 0. The van der Waals surface area contributed by atoms with Crippen molar-refractivity contribution < 1.29 is 24.5 Å². The number of hydrogen-bond acceptors (Lipinski definition) is 4. The zero-order chi connectivity index (χ0) is 14.5. The van der Waals surface area contributed by atoms with Crippen LogP contribution in [0.1, 0.15) is 6.92 Å². The molecule has 0 aliphatic heterocycles. The molecule has 0 saturated heterocycles. The zero-order valence-electron chi connectivity index (χ0n) is 11.0. The second-order valence-corrected chi connectivity index (χ2v) is 3.58. The molecule has 0 unspecified atom stereocenters. The van der Waals surface area contributed by atoms with E-state index in [1.54, 1.807) is 0 Å². The molecule has 106 valence electrons. The highest BCUT2D eigenvalue weighted by Crippen LogP contribution is 2.07. The fourth-order valence-corrected chi connectivity index (χ4v) is 0.902. The quantitative estimate of drug-likeness (QED) is 0.581. The van der Waals surface area contributed by atoms with Crippen LogP contribution in [0.3, 0.4) is 0 Å². The minimum atomic E-state index is -0.935. The van der Waals surface area contributed by atoms with Gasteiger partial charge in [0.25, 0.3) is 0 Å². The molecule has 1 aromatic carbocycles. The monoisotopic (exact) mass is 268 g/mol. The lowest BCUT2D eigenvalue weighted by molar-refractivity contribution is -0.132. The Hall–Kier alpha value is -1.85. The molecule has 2 N–H and O–H groups in total. The number of rotatable bonds is 7. The van der Waals surface area contributed by atoms with Crippen molar-refractivity contribution in [1.82, 2.24) is 0 Å². The topological polar surface area (TPSA) is 76.0 Å². The molecular weight excluding hydrogens is 248 g/mol. The minimum Gasteiger partial charge on any atom is -0.491 e. The van der Waals surface area contributed by atoms with E-state index in [2.05, 4.69) is 6.58 Å². The van der Waals surface area contributed by atoms with Gasteiger partial charge in [0, 0.05) is 5.57 Å². The molecule has 5 heteroatoms. The van der Waals surface area contributed by atoms with Gasteiger partial charge in [-0.05, 0) is 19.1 Å². The molecule has 0 radical (unpaired) electrons. The molecule has 0 aliphatic rings. The first-order valence-corrected chi connectivity index (χ1v) is 5.83. The van der Waals surface area contributed by atoms with E-state index in [9.17, 15) is 4.79 Å². The van der Waals surface area contributed by atoms with Crippen molar-refractivity contribution in [1.29, 1.82) is 0 Å². The maximum absolute atomic E-state index is 9.60. The van der Waals surface area contributed by atoms with Crippen molar-refractivity contribution in [2.45, 2.75) is 6.92 Å². The van der Waals surface area contributed by atoms with Crippen LogP contribution >= 0.6 is 0 Å². The van der Waals surface area contributed by atoms with Crippen molar-refractivity contribution in [2.75, 3.05) is 26.4 Å². The van der Waals surface area contributed by atoms with Gasteiger partial charge < -0.3 is 19.7 Å². The van der Waals surface area contributed by atoms with Crippen LogP contribution in [0.15, 0.2) is 42.5 Å². The molecular formula is C14H20O5. The summed E-state index contributed by atoms with van der Waals surface area (Å²) in [6.45, 7) is 6.06. The van der Waals surface area contributed by atoms with Gasteiger partial charge >= 0.3 is 5.97 Å². The average Bonchev–Trinajstić information content (AvgIpc) is 2.40. The Morgan fingerprint density at radius 2 is 1.79 bits per heavy atom. The number of ether oxygens (including phenoxy) is 2. The van der Waals surface area contributed by atoms with Crippen molar-refractivity contribution in [3.63, 3.8) is 0 Å². The fourth-order valence-electron chi connectivity index (χ4n) is 0.902. The lowest BCUT2D eigenvalue weighted by atomic mass is 10.3. The van der Waals surface area contributed by atoms with Gasteiger partial charge in [-0.25, -0.2) is 4.79 Å². The SMILES string of the molecule is C=C(C)C(=O)O.OCCOCCOc1ccccc1. The first-order chi connectivity index (χ1) is 9.07. The van der Waals surface area contributed by atoms with Crippen LogP contribution in [0.25, 0.3) is 0 Å². The van der Waals surface area contributed by atoms with Crippen LogP contribution in [0, 0.1) is 0 Å². The summed E-state index contributed by atoms with van der Waals surface area (Å²) in [4.78, 5) is 9.60. The largest absolute Gasteiger partial charge is 0.491 e. The number of aliphatic hydroxyl groups is 1. The normalized spacial score (nSPS) is 9.16. The van der Waals surface area contributed by atoms with Crippen LogP contribution in [-0.2, 0) is 9.53 Å². The van der Waals surface area contributed by atoms with Gasteiger partial charge in [0.15, 0.2) is 0 Å². The van der Waals surface area contributed by atoms with Crippen molar-refractivity contribution in [3.8, 4) is 5.75 Å². The van der Waals surface area contributed by atoms with Gasteiger partial charge in [-0.15, -0.1) is 0 Å².